The predicted molar refractivity (Wildman–Crippen MR) is 117 cm³/mol. The second-order valence-corrected chi connectivity index (χ2v) is 7.85. The van der Waals surface area contributed by atoms with Crippen LogP contribution in [0.4, 0.5) is 0 Å². The van der Waals surface area contributed by atoms with Crippen molar-refractivity contribution >= 4 is 16.9 Å². The number of hydrogen-bond acceptors (Lipinski definition) is 3. The lowest BCUT2D eigenvalue weighted by Crippen LogP contribution is -1.96. The van der Waals surface area contributed by atoms with E-state index in [1.54, 1.807) is 11.3 Å². The zero-order valence-corrected chi connectivity index (χ0v) is 17.0. The van der Waals surface area contributed by atoms with Crippen molar-refractivity contribution < 1.29 is 4.74 Å². The van der Waals surface area contributed by atoms with Crippen molar-refractivity contribution in [3.8, 4) is 26.8 Å². The molecule has 0 atom stereocenters. The van der Waals surface area contributed by atoms with Crippen LogP contribution in [-0.4, -0.2) is 11.6 Å². The molecule has 0 aliphatic carbocycles. The first-order valence-corrected chi connectivity index (χ1v) is 10.4. The third-order valence-corrected chi connectivity index (χ3v) is 5.63. The number of rotatable bonds is 9. The van der Waals surface area contributed by atoms with Crippen molar-refractivity contribution in [1.82, 2.24) is 4.98 Å². The van der Waals surface area contributed by atoms with E-state index in [0.29, 0.717) is 0 Å². The molecule has 2 nitrogen and oxygen atoms in total. The van der Waals surface area contributed by atoms with E-state index < -0.39 is 0 Å². The number of thiazole rings is 1. The molecule has 0 fully saturated rings. The fourth-order valence-electron chi connectivity index (χ4n) is 2.87. The van der Waals surface area contributed by atoms with Gasteiger partial charge in [-0.25, -0.2) is 4.98 Å². The van der Waals surface area contributed by atoms with Crippen LogP contribution in [0.15, 0.2) is 61.3 Å². The Hall–Kier alpha value is -2.39. The molecule has 0 saturated heterocycles. The molecule has 0 aliphatic heterocycles. The normalized spacial score (nSPS) is 10.7. The van der Waals surface area contributed by atoms with Crippen LogP contribution in [0.3, 0.4) is 0 Å². The Balaban J connectivity index is 1.63. The highest BCUT2D eigenvalue weighted by molar-refractivity contribution is 7.18. The maximum atomic E-state index is 5.83. The number of allylic oxidation sites excluding steroid dienone is 1. The quantitative estimate of drug-likeness (QED) is 0.361. The molecule has 0 bridgehead atoms. The van der Waals surface area contributed by atoms with Gasteiger partial charge in [-0.15, -0.1) is 11.3 Å². The zero-order chi connectivity index (χ0) is 19.1. The first kappa shape index (κ1) is 19.4. The Morgan fingerprint density at radius 2 is 1.67 bits per heavy atom. The van der Waals surface area contributed by atoms with Gasteiger partial charge in [0.05, 0.1) is 11.5 Å². The van der Waals surface area contributed by atoms with Crippen LogP contribution in [0.2, 0.25) is 0 Å². The van der Waals surface area contributed by atoms with Crippen LogP contribution >= 0.6 is 11.3 Å². The predicted octanol–water partition coefficient (Wildman–Crippen LogP) is 7.47. The third kappa shape index (κ3) is 5.30. The number of hydrogen-bond donors (Lipinski definition) is 0. The molecule has 0 saturated carbocycles. The lowest BCUT2D eigenvalue weighted by atomic mass is 10.1. The number of ether oxygens (including phenoxy) is 1. The number of unbranched alkanes of at least 4 members (excludes halogenated alkanes) is 3. The summed E-state index contributed by atoms with van der Waals surface area (Å²) in [6.45, 7) is 9.03. The first-order chi connectivity index (χ1) is 13.2. The molecule has 1 heterocycles. The molecule has 27 heavy (non-hydrogen) atoms. The fraction of sp³-hybridized carbons (Fsp3) is 0.292. The molecule has 3 heteroatoms. The van der Waals surface area contributed by atoms with E-state index in [9.17, 15) is 0 Å². The molecular formula is C24H27NOS. The molecule has 140 valence electrons. The van der Waals surface area contributed by atoms with Gasteiger partial charge in [-0.2, -0.15) is 0 Å². The average Bonchev–Trinajstić information content (AvgIpc) is 3.18. The molecule has 1 aromatic heterocycles. The Morgan fingerprint density at radius 1 is 0.963 bits per heavy atom. The second-order valence-electron chi connectivity index (χ2n) is 6.82. The van der Waals surface area contributed by atoms with Crippen molar-refractivity contribution in [3.63, 3.8) is 0 Å². The van der Waals surface area contributed by atoms with E-state index in [1.807, 2.05) is 13.1 Å². The highest BCUT2D eigenvalue weighted by Gasteiger charge is 2.07. The number of benzene rings is 2. The number of aromatic nitrogens is 1. The Bertz CT molecular complexity index is 862. The summed E-state index contributed by atoms with van der Waals surface area (Å²) in [5, 5.41) is 1.04. The minimum Gasteiger partial charge on any atom is -0.494 e. The van der Waals surface area contributed by atoms with E-state index in [1.165, 1.54) is 35.3 Å². The lowest BCUT2D eigenvalue weighted by Gasteiger charge is -2.06. The van der Waals surface area contributed by atoms with Crippen molar-refractivity contribution in [2.75, 3.05) is 6.61 Å². The Labute approximate surface area is 166 Å². The summed E-state index contributed by atoms with van der Waals surface area (Å²) in [5.74, 6) is 0.940. The van der Waals surface area contributed by atoms with E-state index in [4.69, 9.17) is 4.74 Å². The first-order valence-electron chi connectivity index (χ1n) is 9.62. The van der Waals surface area contributed by atoms with Gasteiger partial charge in [0, 0.05) is 11.8 Å². The Morgan fingerprint density at radius 3 is 2.33 bits per heavy atom. The van der Waals surface area contributed by atoms with Crippen LogP contribution in [0.5, 0.6) is 5.75 Å². The molecule has 0 spiro atoms. The summed E-state index contributed by atoms with van der Waals surface area (Å²) < 4.78 is 5.83. The second kappa shape index (κ2) is 9.52. The highest BCUT2D eigenvalue weighted by Crippen LogP contribution is 2.33. The summed E-state index contributed by atoms with van der Waals surface area (Å²) in [4.78, 5) is 5.77. The summed E-state index contributed by atoms with van der Waals surface area (Å²) in [6, 6.07) is 16.8. The van der Waals surface area contributed by atoms with Gasteiger partial charge in [0.1, 0.15) is 10.8 Å². The average molecular weight is 378 g/mol. The largest absolute Gasteiger partial charge is 0.494 e. The summed E-state index contributed by atoms with van der Waals surface area (Å²) in [7, 11) is 0. The minimum atomic E-state index is 0.796. The lowest BCUT2D eigenvalue weighted by molar-refractivity contribution is 0.305. The van der Waals surface area contributed by atoms with Crippen molar-refractivity contribution in [2.24, 2.45) is 0 Å². The molecule has 0 unspecified atom stereocenters. The third-order valence-electron chi connectivity index (χ3n) is 4.54. The van der Waals surface area contributed by atoms with Gasteiger partial charge >= 0.3 is 0 Å². The SMILES string of the molecule is C=C(C)c1ccc(-c2ncc(-c3ccc(OCCCCCC)cc3)s2)cc1. The van der Waals surface area contributed by atoms with Crippen molar-refractivity contribution in [3.05, 3.63) is 66.9 Å². The monoisotopic (exact) mass is 377 g/mol. The molecule has 0 N–H and O–H groups in total. The number of nitrogens with zero attached hydrogens (tertiary/aromatic N) is 1. The molecule has 0 aliphatic rings. The standard InChI is InChI=1S/C24H27NOS/c1-4-5-6-7-16-26-22-14-12-20(13-15-22)23-17-25-24(27-23)21-10-8-19(9-11-21)18(2)3/h8-15,17H,2,4-7,16H2,1,3H3. The molecule has 3 rings (SSSR count). The zero-order valence-electron chi connectivity index (χ0n) is 16.2. The van der Waals surface area contributed by atoms with Gasteiger partial charge < -0.3 is 4.74 Å². The Kier molecular flexibility index (Phi) is 6.83. The molecule has 0 amide bonds. The maximum Gasteiger partial charge on any atom is 0.123 e. The van der Waals surface area contributed by atoms with E-state index in [2.05, 4.69) is 67.0 Å². The smallest absolute Gasteiger partial charge is 0.123 e. The van der Waals surface area contributed by atoms with Crippen LogP contribution < -0.4 is 4.74 Å². The van der Waals surface area contributed by atoms with E-state index in [0.717, 1.165) is 34.9 Å². The van der Waals surface area contributed by atoms with Crippen LogP contribution in [0.25, 0.3) is 26.6 Å². The molecular weight excluding hydrogens is 350 g/mol. The van der Waals surface area contributed by atoms with Crippen LogP contribution in [0.1, 0.15) is 45.1 Å². The van der Waals surface area contributed by atoms with Crippen molar-refractivity contribution in [2.45, 2.75) is 39.5 Å². The van der Waals surface area contributed by atoms with Crippen LogP contribution in [-0.2, 0) is 0 Å². The molecule has 2 aromatic carbocycles. The fourth-order valence-corrected chi connectivity index (χ4v) is 3.80. The summed E-state index contributed by atoms with van der Waals surface area (Å²) in [5.41, 5.74) is 4.56. The van der Waals surface area contributed by atoms with E-state index in [-0.39, 0.29) is 0 Å². The highest BCUT2D eigenvalue weighted by atomic mass is 32.1. The van der Waals surface area contributed by atoms with Gasteiger partial charge in [0.2, 0.25) is 0 Å². The van der Waals surface area contributed by atoms with Crippen molar-refractivity contribution in [1.29, 1.82) is 0 Å². The topological polar surface area (TPSA) is 22.1 Å². The molecule has 0 radical (unpaired) electrons. The van der Waals surface area contributed by atoms with Crippen LogP contribution in [0, 0.1) is 0 Å². The van der Waals surface area contributed by atoms with E-state index >= 15 is 0 Å². The van der Waals surface area contributed by atoms with Gasteiger partial charge in [0.15, 0.2) is 0 Å². The molecule has 3 aromatic rings. The van der Waals surface area contributed by atoms with Gasteiger partial charge in [0.25, 0.3) is 0 Å². The van der Waals surface area contributed by atoms with Gasteiger partial charge in [-0.1, -0.05) is 62.6 Å². The maximum absolute atomic E-state index is 5.83. The minimum absolute atomic E-state index is 0.796. The summed E-state index contributed by atoms with van der Waals surface area (Å²) in [6.07, 6.45) is 6.85. The van der Waals surface area contributed by atoms with Gasteiger partial charge in [-0.3, -0.25) is 0 Å². The summed E-state index contributed by atoms with van der Waals surface area (Å²) >= 11 is 1.71. The van der Waals surface area contributed by atoms with Gasteiger partial charge in [-0.05, 0) is 48.7 Å².